The summed E-state index contributed by atoms with van der Waals surface area (Å²) in [4.78, 5) is 42.4. The molecule has 4 amide bonds. The molecule has 0 radical (unpaired) electrons. The van der Waals surface area contributed by atoms with Gasteiger partial charge in [0.25, 0.3) is 0 Å². The van der Waals surface area contributed by atoms with Crippen LogP contribution >= 0.6 is 0 Å². The maximum atomic E-state index is 13.1. The maximum Gasteiger partial charge on any atom is 0.334 e. The molecule has 6 nitrogen and oxygen atoms in total. The predicted molar refractivity (Wildman–Crippen MR) is 92.2 cm³/mol. The molecule has 2 aromatic carbocycles. The van der Waals surface area contributed by atoms with Gasteiger partial charge in [-0.2, -0.15) is 0 Å². The highest BCUT2D eigenvalue weighted by Crippen LogP contribution is 2.35. The third kappa shape index (κ3) is 2.38. The number of Topliss-reactive ketones (excluding diaryl/α,β-unsaturated/α-hetero) is 1. The molecule has 2 aliphatic heterocycles. The number of hydrogen-bond donors (Lipinski definition) is 0. The molecule has 4 rings (SSSR count). The molecular weight excluding hydrogens is 318 g/mol. The van der Waals surface area contributed by atoms with Crippen LogP contribution in [0.25, 0.3) is 0 Å². The first-order chi connectivity index (χ1) is 12.1. The number of rotatable bonds is 2. The van der Waals surface area contributed by atoms with Crippen LogP contribution in [-0.2, 0) is 6.54 Å². The Kier molecular flexibility index (Phi) is 3.53. The minimum atomic E-state index is -0.575. The van der Waals surface area contributed by atoms with E-state index in [0.717, 1.165) is 5.56 Å². The number of carbonyl (C=O) groups is 3. The lowest BCUT2D eigenvalue weighted by Gasteiger charge is -2.47. The number of hydrogen-bond acceptors (Lipinski definition) is 3. The van der Waals surface area contributed by atoms with Crippen LogP contribution in [0.4, 0.5) is 15.3 Å². The molecular formula is C19H17N3O3. The molecule has 2 aromatic rings. The molecule has 1 unspecified atom stereocenters. The molecule has 1 fully saturated rings. The highest BCUT2D eigenvalue weighted by molar-refractivity contribution is 6.13. The van der Waals surface area contributed by atoms with Crippen molar-refractivity contribution < 1.29 is 14.4 Å². The highest BCUT2D eigenvalue weighted by atomic mass is 16.2. The van der Waals surface area contributed by atoms with Gasteiger partial charge in [0.2, 0.25) is 0 Å². The van der Waals surface area contributed by atoms with Gasteiger partial charge in [0.05, 0.1) is 18.7 Å². The zero-order valence-electron chi connectivity index (χ0n) is 13.8. The number of ketones is 1. The van der Waals surface area contributed by atoms with Crippen LogP contribution in [-0.4, -0.2) is 40.9 Å². The first-order valence-electron chi connectivity index (χ1n) is 8.11. The maximum absolute atomic E-state index is 13.1. The van der Waals surface area contributed by atoms with Gasteiger partial charge in [-0.05, 0) is 17.7 Å². The summed E-state index contributed by atoms with van der Waals surface area (Å²) in [5.41, 5.74) is 1.96. The van der Waals surface area contributed by atoms with Gasteiger partial charge in [0.1, 0.15) is 6.17 Å². The van der Waals surface area contributed by atoms with Crippen molar-refractivity contribution in [3.8, 4) is 0 Å². The number of nitrogens with zero attached hydrogens (tertiary/aromatic N) is 3. The lowest BCUT2D eigenvalue weighted by atomic mass is 9.97. The summed E-state index contributed by atoms with van der Waals surface area (Å²) in [6, 6.07) is 15.6. The van der Waals surface area contributed by atoms with E-state index in [1.807, 2.05) is 30.3 Å². The third-order valence-corrected chi connectivity index (χ3v) is 4.73. The molecule has 0 spiro atoms. The lowest BCUT2D eigenvalue weighted by Crippen LogP contribution is -2.66. The minimum Gasteiger partial charge on any atom is -0.306 e. The first-order valence-corrected chi connectivity index (χ1v) is 8.11. The number of carbonyl (C=O) groups excluding carboxylic acids is 3. The van der Waals surface area contributed by atoms with Crippen molar-refractivity contribution in [2.45, 2.75) is 19.1 Å². The summed E-state index contributed by atoms with van der Waals surface area (Å²) >= 11 is 0. The molecule has 126 valence electrons. The summed E-state index contributed by atoms with van der Waals surface area (Å²) < 4.78 is 0. The number of para-hydroxylation sites is 1. The van der Waals surface area contributed by atoms with Gasteiger partial charge in [0, 0.05) is 12.6 Å². The van der Waals surface area contributed by atoms with Gasteiger partial charge in [-0.1, -0.05) is 42.5 Å². The Morgan fingerprint density at radius 2 is 1.60 bits per heavy atom. The third-order valence-electron chi connectivity index (χ3n) is 4.73. The van der Waals surface area contributed by atoms with Crippen LogP contribution in [0.3, 0.4) is 0 Å². The molecule has 0 aliphatic carbocycles. The van der Waals surface area contributed by atoms with Crippen molar-refractivity contribution in [2.24, 2.45) is 0 Å². The van der Waals surface area contributed by atoms with E-state index in [4.69, 9.17) is 0 Å². The van der Waals surface area contributed by atoms with Crippen molar-refractivity contribution >= 4 is 23.5 Å². The van der Waals surface area contributed by atoms with Crippen molar-refractivity contribution in [1.82, 2.24) is 9.80 Å². The average molecular weight is 335 g/mol. The monoisotopic (exact) mass is 335 g/mol. The van der Waals surface area contributed by atoms with E-state index in [1.165, 1.54) is 9.80 Å². The Morgan fingerprint density at radius 3 is 2.36 bits per heavy atom. The number of imide groups is 1. The van der Waals surface area contributed by atoms with Crippen LogP contribution in [0.1, 0.15) is 22.3 Å². The van der Waals surface area contributed by atoms with Gasteiger partial charge in [-0.15, -0.1) is 0 Å². The summed E-state index contributed by atoms with van der Waals surface area (Å²) in [6.07, 6.45) is -0.459. The Bertz CT molecular complexity index is 865. The lowest BCUT2D eigenvalue weighted by molar-refractivity contribution is 0.0887. The van der Waals surface area contributed by atoms with Crippen molar-refractivity contribution in [3.63, 3.8) is 0 Å². The van der Waals surface area contributed by atoms with Gasteiger partial charge >= 0.3 is 12.1 Å². The van der Waals surface area contributed by atoms with E-state index in [-0.39, 0.29) is 24.8 Å². The molecule has 2 aliphatic rings. The fraction of sp³-hybridized carbons (Fsp3) is 0.211. The molecule has 1 saturated heterocycles. The minimum absolute atomic E-state index is 0.0548. The van der Waals surface area contributed by atoms with Crippen molar-refractivity contribution in [3.05, 3.63) is 65.7 Å². The number of anilines is 1. The number of amides is 4. The van der Waals surface area contributed by atoms with E-state index in [0.29, 0.717) is 11.3 Å². The SMILES string of the molecule is CN1C(=O)N(Cc2ccccc2)C(=O)N2c3ccccc3C(=O)CC12. The zero-order valence-corrected chi connectivity index (χ0v) is 13.8. The fourth-order valence-electron chi connectivity index (χ4n) is 3.42. The zero-order chi connectivity index (χ0) is 17.6. The Hall–Kier alpha value is -3.15. The van der Waals surface area contributed by atoms with Gasteiger partial charge < -0.3 is 4.90 Å². The second-order valence-electron chi connectivity index (χ2n) is 6.24. The van der Waals surface area contributed by atoms with E-state index < -0.39 is 12.2 Å². The van der Waals surface area contributed by atoms with E-state index in [1.54, 1.807) is 36.2 Å². The molecule has 2 heterocycles. The quantitative estimate of drug-likeness (QED) is 0.847. The summed E-state index contributed by atoms with van der Waals surface area (Å²) in [5.74, 6) is -0.0548. The first kappa shape index (κ1) is 15.4. The summed E-state index contributed by atoms with van der Waals surface area (Å²) in [7, 11) is 1.63. The number of benzene rings is 2. The molecule has 6 heteroatoms. The second-order valence-corrected chi connectivity index (χ2v) is 6.24. The molecule has 0 saturated carbocycles. The van der Waals surface area contributed by atoms with Gasteiger partial charge in [-0.25, -0.2) is 14.5 Å². The summed E-state index contributed by atoms with van der Waals surface area (Å²) in [6.45, 7) is 0.197. The normalized spacial score (nSPS) is 19.8. The average Bonchev–Trinajstić information content (AvgIpc) is 2.64. The van der Waals surface area contributed by atoms with Crippen molar-refractivity contribution in [2.75, 3.05) is 11.9 Å². The van der Waals surface area contributed by atoms with Crippen LogP contribution in [0.15, 0.2) is 54.6 Å². The topological polar surface area (TPSA) is 60.9 Å². The van der Waals surface area contributed by atoms with Gasteiger partial charge in [0.15, 0.2) is 5.78 Å². The largest absolute Gasteiger partial charge is 0.334 e. The van der Waals surface area contributed by atoms with Gasteiger partial charge in [-0.3, -0.25) is 9.69 Å². The van der Waals surface area contributed by atoms with E-state index in [9.17, 15) is 14.4 Å². The van der Waals surface area contributed by atoms with Crippen molar-refractivity contribution in [1.29, 1.82) is 0 Å². The van der Waals surface area contributed by atoms with Crippen LogP contribution in [0.5, 0.6) is 0 Å². The van der Waals surface area contributed by atoms with Crippen LogP contribution < -0.4 is 4.90 Å². The molecule has 0 N–H and O–H groups in total. The Balaban J connectivity index is 1.75. The Labute approximate surface area is 145 Å². The molecule has 0 bridgehead atoms. The second kappa shape index (κ2) is 5.73. The molecule has 25 heavy (non-hydrogen) atoms. The van der Waals surface area contributed by atoms with Crippen LogP contribution in [0.2, 0.25) is 0 Å². The summed E-state index contributed by atoms with van der Waals surface area (Å²) in [5, 5.41) is 0. The standard InChI is InChI=1S/C19H17N3O3/c1-20-17-11-16(23)14-9-5-6-10-15(14)22(17)19(25)21(18(20)24)12-13-7-3-2-4-8-13/h2-10,17H,11-12H2,1H3. The highest BCUT2D eigenvalue weighted by Gasteiger charge is 2.47. The smallest absolute Gasteiger partial charge is 0.306 e. The number of urea groups is 2. The molecule has 0 aromatic heterocycles. The Morgan fingerprint density at radius 1 is 0.920 bits per heavy atom. The van der Waals surface area contributed by atoms with Crippen LogP contribution in [0, 0.1) is 0 Å². The predicted octanol–water partition coefficient (Wildman–Crippen LogP) is 3.09. The molecule has 1 atom stereocenters. The van der Waals surface area contributed by atoms with E-state index >= 15 is 0 Å². The fourth-order valence-corrected chi connectivity index (χ4v) is 3.42. The number of fused-ring (bicyclic) bond motifs is 3. The van der Waals surface area contributed by atoms with E-state index in [2.05, 4.69) is 0 Å².